The van der Waals surface area contributed by atoms with Gasteiger partial charge in [-0.1, -0.05) is 179 Å². The molecule has 144 heavy (non-hydrogen) atoms. The van der Waals surface area contributed by atoms with Crippen LogP contribution in [0.3, 0.4) is 0 Å². The zero-order chi connectivity index (χ0) is 99.5. The summed E-state index contributed by atoms with van der Waals surface area (Å²) in [5.74, 6) is 0. The number of hydrogen-bond acceptors (Lipinski definition) is 6. The van der Waals surface area contributed by atoms with E-state index < -0.39 is 0 Å². The molecule has 0 atom stereocenters. The predicted molar refractivity (Wildman–Crippen MR) is 602 cm³/mol. The first-order valence-electron chi connectivity index (χ1n) is 49.5. The van der Waals surface area contributed by atoms with Crippen LogP contribution in [0.15, 0.2) is 320 Å². The molecule has 24 bridgehead atoms. The molecule has 24 aromatic rings. The van der Waals surface area contributed by atoms with Gasteiger partial charge in [-0.25, -0.2) is 0 Å². The molecule has 0 saturated carbocycles. The molecule has 0 spiro atoms. The van der Waals surface area contributed by atoms with Crippen molar-refractivity contribution in [1.29, 1.82) is 0 Å². The van der Waals surface area contributed by atoms with E-state index in [1.807, 2.05) is 146 Å². The van der Waals surface area contributed by atoms with E-state index in [-0.39, 0.29) is 32.6 Å². The van der Waals surface area contributed by atoms with Gasteiger partial charge < -0.3 is 27.4 Å². The third-order valence-electron chi connectivity index (χ3n) is 30.9. The summed E-state index contributed by atoms with van der Waals surface area (Å²) >= 11 is 0. The van der Waals surface area contributed by atoms with Gasteiger partial charge in [0.1, 0.15) is 0 Å². The van der Waals surface area contributed by atoms with Crippen molar-refractivity contribution < 1.29 is 0 Å². The fourth-order valence-corrected chi connectivity index (χ4v) is 25.4. The van der Waals surface area contributed by atoms with Crippen LogP contribution in [-0.4, -0.2) is 27.4 Å². The summed E-state index contributed by atoms with van der Waals surface area (Å²) in [6.45, 7) is 38.1. The number of rotatable bonds is 6. The predicted octanol–water partition coefficient (Wildman–Crippen LogP) is 30.3. The maximum Gasteiger partial charge on any atom is 0.197 e. The summed E-state index contributed by atoms with van der Waals surface area (Å²) in [6, 6.07) is 99.3. The first-order valence-corrected chi connectivity index (χ1v) is 49.5. The van der Waals surface area contributed by atoms with E-state index in [1.54, 1.807) is 0 Å². The van der Waals surface area contributed by atoms with Gasteiger partial charge in [-0.05, 0) is 404 Å². The summed E-state index contributed by atoms with van der Waals surface area (Å²) in [7, 11) is 0. The molecule has 12 heteroatoms. The minimum Gasteiger partial charge on any atom is -0.308 e. The molecule has 0 radical (unpaired) electrons. The summed E-state index contributed by atoms with van der Waals surface area (Å²) in [5, 5.41) is 5.76. The van der Waals surface area contributed by atoms with Crippen LogP contribution in [0.2, 0.25) is 0 Å². The van der Waals surface area contributed by atoms with Gasteiger partial charge in [0, 0.05) is 64.6 Å². The highest BCUT2D eigenvalue weighted by atomic mass is 16.1. The molecule has 25 rings (SSSR count). The number of aromatic nitrogens is 6. The Labute approximate surface area is 830 Å². The van der Waals surface area contributed by atoms with Crippen molar-refractivity contribution in [2.24, 2.45) is 0 Å². The molecule has 18 aromatic carbocycles. The maximum absolute atomic E-state index is 16.4. The topological polar surface area (TPSA) is 132 Å². The third kappa shape index (κ3) is 13.3. The number of fused-ring (bicyclic) bond motifs is 18. The first-order chi connectivity index (χ1) is 69.3. The summed E-state index contributed by atoms with van der Waals surface area (Å²) in [6.07, 6.45) is 0. The standard InChI is InChI=1S/C132H102N6O6/c1-67-43-73(7)121(74(8)44-67)133-109-31-19-85-55-97(109)127(139)98-56-86(20-32-110(98)133)88-22-34-112-100(58-88)129(141)102-60-90(24-36-114(102)135(112)123-77(11)47-69(3)48-78(123)12)92-26-38-116-104(62-92)131(143)106-64-94(28-40-118(106)137(116)125-81(15)51-71(5)52-82(125)16)96-30-42-120-108(66-96)132(144)107-65-95(29-41-119(107)138(120)126-83(17)53-72(6)54-84(126)18)93-27-39-117-105(63-93)130(142)103-61-91(25-37-115(103)136(117)124-79(13)49-70(4)50-80(124)14)89-23-35-113-101(59-89)128(140)99-57-87(85)21-33-111(99)134(113)122-75(9)45-68(2)46-76(122)10/h19-66H,1-18H3. The van der Waals surface area contributed by atoms with Crippen LogP contribution in [0.25, 0.3) is 232 Å². The normalized spacial score (nSPS) is 12.1. The Morgan fingerprint density at radius 2 is 0.201 bits per heavy atom. The van der Waals surface area contributed by atoms with E-state index in [0.717, 1.165) is 201 Å². The lowest BCUT2D eigenvalue weighted by atomic mass is 9.94. The van der Waals surface area contributed by atoms with Crippen molar-refractivity contribution in [3.8, 4) is 101 Å². The Hall–Kier alpha value is -17.2. The van der Waals surface area contributed by atoms with E-state index in [2.05, 4.69) is 298 Å². The van der Waals surface area contributed by atoms with Crippen molar-refractivity contribution >= 4 is 131 Å². The fraction of sp³-hybridized carbons (Fsp3) is 0.136. The van der Waals surface area contributed by atoms with Gasteiger partial charge in [0.25, 0.3) is 0 Å². The Balaban J connectivity index is 0.773. The van der Waals surface area contributed by atoms with Gasteiger partial charge in [0.2, 0.25) is 0 Å². The molecule has 0 saturated heterocycles. The van der Waals surface area contributed by atoms with Crippen molar-refractivity contribution in [2.75, 3.05) is 0 Å². The highest BCUT2D eigenvalue weighted by molar-refractivity contribution is 6.09. The number of aryl methyl sites for hydroxylation is 18. The molecule has 1 aliphatic carbocycles. The Bertz CT molecular complexity index is 8470. The van der Waals surface area contributed by atoms with E-state index in [4.69, 9.17) is 0 Å². The summed E-state index contributed by atoms with van der Waals surface area (Å²) < 4.78 is 13.4. The van der Waals surface area contributed by atoms with Crippen molar-refractivity contribution in [1.82, 2.24) is 27.4 Å². The lowest BCUT2D eigenvalue weighted by Crippen LogP contribution is -2.14. The molecule has 0 amide bonds. The minimum atomic E-state index is -0.179. The van der Waals surface area contributed by atoms with E-state index in [1.165, 1.54) is 0 Å². The molecule has 1 aliphatic rings. The molecule has 6 heterocycles. The molecule has 12 nitrogen and oxygen atoms in total. The van der Waals surface area contributed by atoms with Gasteiger partial charge in [0.05, 0.1) is 100 Å². The lowest BCUT2D eigenvalue weighted by Gasteiger charge is -2.22. The second-order valence-corrected chi connectivity index (χ2v) is 41.3. The zero-order valence-electron chi connectivity index (χ0n) is 83.8. The van der Waals surface area contributed by atoms with Crippen molar-refractivity contribution in [3.63, 3.8) is 0 Å². The summed E-state index contributed by atoms with van der Waals surface area (Å²) in [4.78, 5) is 98.2. The number of benzene rings is 18. The largest absolute Gasteiger partial charge is 0.308 e. The highest BCUT2D eigenvalue weighted by Crippen LogP contribution is 2.45. The number of nitrogens with zero attached hydrogens (tertiary/aromatic N) is 6. The van der Waals surface area contributed by atoms with Crippen LogP contribution in [0, 0.1) is 125 Å². The van der Waals surface area contributed by atoms with Crippen LogP contribution in [0.5, 0.6) is 0 Å². The van der Waals surface area contributed by atoms with Crippen LogP contribution in [-0.2, 0) is 0 Å². The average Bonchev–Trinajstić information content (AvgIpc) is 0.727. The van der Waals surface area contributed by atoms with Gasteiger partial charge in [-0.15, -0.1) is 0 Å². The van der Waals surface area contributed by atoms with E-state index >= 15 is 28.8 Å². The maximum atomic E-state index is 16.4. The molecule has 6 aromatic heterocycles. The quantitative estimate of drug-likeness (QED) is 0.152. The second-order valence-electron chi connectivity index (χ2n) is 41.3. The minimum absolute atomic E-state index is 0.179. The molecular weight excluding hydrogens is 1770 g/mol. The SMILES string of the molecule is Cc1cc(C)c(-n2c3ccc4cc3c(=O)c3cc(ccc32)-c2ccc3c(c2)c(=O)c2cc(ccc2n3-c2c(C)cc(C)cc2C)-c2ccc3c(c2)c(=O)c2cc(ccc2n3-c2c(C)cc(C)cc2C)-c2ccc3c(c2)c(=O)c2cc(ccc2n3-c2c(C)cc(C)cc2C)-c2ccc3c(c2)c(=O)c2cc(ccc2n3-c2c(C)cc(C)cc2C)-c2ccc3c(c2)c(=O)c2cc-4ccc2n3-c2c(C)cc(C)cc2C)c(C)c1. The molecule has 0 aliphatic heterocycles. The molecule has 0 unspecified atom stereocenters. The lowest BCUT2D eigenvalue weighted by molar-refractivity contribution is 1.10. The van der Waals surface area contributed by atoms with Crippen molar-refractivity contribution in [3.05, 3.63) is 453 Å². The first kappa shape index (κ1) is 88.2. The fourth-order valence-electron chi connectivity index (χ4n) is 25.4. The highest BCUT2D eigenvalue weighted by Gasteiger charge is 2.29. The number of pyridine rings is 6. The summed E-state index contributed by atoms with van der Waals surface area (Å²) in [5.41, 5.74) is 41.2. The van der Waals surface area contributed by atoms with E-state index in [0.29, 0.717) is 131 Å². The van der Waals surface area contributed by atoms with Gasteiger partial charge in [-0.3, -0.25) is 28.8 Å². The Kier molecular flexibility index (Phi) is 19.7. The molecular formula is C132H102N6O6. The average molecular weight is 1870 g/mol. The van der Waals surface area contributed by atoms with Crippen LogP contribution in [0.1, 0.15) is 100 Å². The Morgan fingerprint density at radius 3 is 0.285 bits per heavy atom. The van der Waals surface area contributed by atoms with Gasteiger partial charge in [-0.2, -0.15) is 0 Å². The molecule has 0 fully saturated rings. The van der Waals surface area contributed by atoms with Gasteiger partial charge >= 0.3 is 0 Å². The second kappa shape index (κ2) is 32.2. The van der Waals surface area contributed by atoms with E-state index in [9.17, 15) is 0 Å². The van der Waals surface area contributed by atoms with Crippen LogP contribution in [0.4, 0.5) is 0 Å². The van der Waals surface area contributed by atoms with Gasteiger partial charge in [0.15, 0.2) is 32.6 Å². The monoisotopic (exact) mass is 1870 g/mol. The Morgan fingerprint density at radius 1 is 0.118 bits per heavy atom. The van der Waals surface area contributed by atoms with Crippen molar-refractivity contribution in [2.45, 2.75) is 125 Å². The smallest absolute Gasteiger partial charge is 0.197 e. The third-order valence-corrected chi connectivity index (χ3v) is 30.9. The van der Waals surface area contributed by atoms with Crippen LogP contribution < -0.4 is 32.6 Å². The van der Waals surface area contributed by atoms with Crippen LogP contribution >= 0.6 is 0 Å². The zero-order valence-corrected chi connectivity index (χ0v) is 83.8. The molecule has 0 N–H and O–H groups in total. The number of hydrogen-bond donors (Lipinski definition) is 0. The molecule has 696 valence electrons.